The van der Waals surface area contributed by atoms with E-state index in [9.17, 15) is 32.4 Å². The summed E-state index contributed by atoms with van der Waals surface area (Å²) in [5.41, 5.74) is -1.75. The van der Waals surface area contributed by atoms with E-state index in [0.29, 0.717) is 39.0 Å². The highest BCUT2D eigenvalue weighted by Crippen LogP contribution is 2.65. The molecule has 7 aliphatic rings. The lowest BCUT2D eigenvalue weighted by Crippen LogP contribution is -2.65. The van der Waals surface area contributed by atoms with Crippen molar-refractivity contribution in [3.63, 3.8) is 0 Å². The minimum atomic E-state index is -3.69. The number of hydrogen-bond acceptors (Lipinski definition) is 8. The molecule has 0 radical (unpaired) electrons. The number of hydrogen-bond donors (Lipinski definition) is 4. The molecule has 5 aliphatic carbocycles. The second-order valence-corrected chi connectivity index (χ2v) is 20.6. The van der Waals surface area contributed by atoms with Crippen LogP contribution in [0.15, 0.2) is 0 Å². The molecule has 302 valence electrons. The van der Waals surface area contributed by atoms with Gasteiger partial charge >= 0.3 is 6.03 Å². The second kappa shape index (κ2) is 15.3. The zero-order valence-corrected chi connectivity index (χ0v) is 33.3. The van der Waals surface area contributed by atoms with Gasteiger partial charge in [-0.2, -0.15) is 4.31 Å². The molecule has 54 heavy (non-hydrogen) atoms. The van der Waals surface area contributed by atoms with Crippen molar-refractivity contribution >= 4 is 39.6 Å². The number of ketones is 1. The number of piperidine rings is 1. The van der Waals surface area contributed by atoms with Gasteiger partial charge in [0.1, 0.15) is 12.1 Å². The fraction of sp³-hybridized carbons (Fsp3) is 0.872. The molecule has 2 aliphatic heterocycles. The van der Waals surface area contributed by atoms with E-state index in [1.807, 2.05) is 6.92 Å². The maximum absolute atomic E-state index is 15.0. The summed E-state index contributed by atoms with van der Waals surface area (Å²) < 4.78 is 34.1. The highest BCUT2D eigenvalue weighted by atomic mass is 32.2. The Morgan fingerprint density at radius 1 is 0.833 bits per heavy atom. The van der Waals surface area contributed by atoms with E-state index < -0.39 is 62.7 Å². The van der Waals surface area contributed by atoms with Crippen LogP contribution in [-0.2, 0) is 33.9 Å². The highest BCUT2D eigenvalue weighted by Gasteiger charge is 2.70. The van der Waals surface area contributed by atoms with E-state index in [-0.39, 0.29) is 54.0 Å². The smallest absolute Gasteiger partial charge is 0.315 e. The molecule has 0 spiro atoms. The topological polar surface area (TPSA) is 183 Å². The number of sulfonamides is 1. The number of nitrogens with one attached hydrogen (secondary N) is 4. The van der Waals surface area contributed by atoms with Crippen molar-refractivity contribution in [3.05, 3.63) is 0 Å². The second-order valence-electron chi connectivity index (χ2n) is 18.6. The lowest BCUT2D eigenvalue weighted by molar-refractivity contribution is -0.146. The summed E-state index contributed by atoms with van der Waals surface area (Å²) in [5.74, 6) is -2.03. The summed E-state index contributed by atoms with van der Waals surface area (Å²) in [6.07, 6.45) is 11.8. The number of carbonyl (C=O) groups excluding carboxylic acids is 5. The zero-order valence-electron chi connectivity index (χ0n) is 32.5. The standard InChI is InChI=1S/C39H62N6O8S/c1-37(2)27-23-45(30(29(27)37)33(47)41-28(22-25-10-11-25)31(46)34(48)40-26-12-13-26)35(49)32(38(3)14-6-4-7-15-38)42-36(50)43-39(16-8-5-9-17-39)24-54(51,52)44-18-20-53-21-19-44/h25-30,32H,4-24H2,1-3H3,(H,40,48)(H,41,47)(H2,42,43,50)/t27-,28-,29-,30-,32+/m0/s1. The van der Waals surface area contributed by atoms with Crippen LogP contribution in [0.25, 0.3) is 0 Å². The Balaban J connectivity index is 1.11. The van der Waals surface area contributed by atoms with Gasteiger partial charge in [-0.1, -0.05) is 72.1 Å². The van der Waals surface area contributed by atoms with E-state index in [0.717, 1.165) is 77.0 Å². The van der Waals surface area contributed by atoms with Crippen molar-refractivity contribution in [3.8, 4) is 0 Å². The molecule has 7 fully saturated rings. The fourth-order valence-corrected chi connectivity index (χ4v) is 12.1. The van der Waals surface area contributed by atoms with Crippen LogP contribution in [-0.4, -0.2) is 115 Å². The van der Waals surface area contributed by atoms with Gasteiger partial charge in [-0.15, -0.1) is 0 Å². The summed E-state index contributed by atoms with van der Waals surface area (Å²) in [6, 6.07) is -3.31. The number of Topliss-reactive ketones (excluding diaryl/α,β-unsaturated/α-hetero) is 1. The molecule has 15 heteroatoms. The quantitative estimate of drug-likeness (QED) is 0.194. The molecule has 2 saturated heterocycles. The van der Waals surface area contributed by atoms with Crippen LogP contribution in [0.4, 0.5) is 4.79 Å². The molecular weight excluding hydrogens is 713 g/mol. The van der Waals surface area contributed by atoms with E-state index >= 15 is 0 Å². The average molecular weight is 775 g/mol. The molecule has 0 aromatic rings. The number of fused-ring (bicyclic) bond motifs is 1. The molecular formula is C39H62N6O8S. The van der Waals surface area contributed by atoms with E-state index in [4.69, 9.17) is 4.74 Å². The number of urea groups is 1. The van der Waals surface area contributed by atoms with Gasteiger partial charge in [-0.25, -0.2) is 13.2 Å². The van der Waals surface area contributed by atoms with E-state index in [1.54, 1.807) is 4.90 Å². The van der Waals surface area contributed by atoms with Crippen molar-refractivity contribution in [2.24, 2.45) is 28.6 Å². The molecule has 5 atom stereocenters. The third kappa shape index (κ3) is 8.47. The summed E-state index contributed by atoms with van der Waals surface area (Å²) in [5, 5.41) is 11.9. The van der Waals surface area contributed by atoms with Crippen LogP contribution in [0.3, 0.4) is 0 Å². The highest BCUT2D eigenvalue weighted by molar-refractivity contribution is 7.89. The minimum Gasteiger partial charge on any atom is -0.379 e. The van der Waals surface area contributed by atoms with Crippen LogP contribution >= 0.6 is 0 Å². The van der Waals surface area contributed by atoms with Gasteiger partial charge < -0.3 is 30.9 Å². The molecule has 0 aromatic carbocycles. The Morgan fingerprint density at radius 3 is 2.07 bits per heavy atom. The number of likely N-dealkylation sites (tertiary alicyclic amines) is 1. The third-order valence-electron chi connectivity index (χ3n) is 14.0. The van der Waals surface area contributed by atoms with Gasteiger partial charge in [0.05, 0.1) is 30.5 Å². The molecule has 4 N–H and O–H groups in total. The first kappa shape index (κ1) is 39.5. The predicted octanol–water partition coefficient (Wildman–Crippen LogP) is 2.61. The summed E-state index contributed by atoms with van der Waals surface area (Å²) in [4.78, 5) is 71.4. The average Bonchev–Trinajstić information content (AvgIpc) is 4.10. The summed E-state index contributed by atoms with van der Waals surface area (Å²) in [6.45, 7) is 7.83. The van der Waals surface area contributed by atoms with Crippen molar-refractivity contribution < 1.29 is 37.1 Å². The van der Waals surface area contributed by atoms with Crippen LogP contribution in [0.2, 0.25) is 0 Å². The van der Waals surface area contributed by atoms with Crippen molar-refractivity contribution in [2.45, 2.75) is 147 Å². The zero-order chi connectivity index (χ0) is 38.5. The first-order chi connectivity index (χ1) is 25.6. The van der Waals surface area contributed by atoms with Crippen LogP contribution < -0.4 is 21.3 Å². The Bertz CT molecular complexity index is 1580. The first-order valence-corrected chi connectivity index (χ1v) is 22.3. The number of amides is 5. The largest absolute Gasteiger partial charge is 0.379 e. The fourth-order valence-electron chi connectivity index (χ4n) is 10.2. The molecule has 0 aromatic heterocycles. The summed E-state index contributed by atoms with van der Waals surface area (Å²) in [7, 11) is -3.69. The molecule has 7 rings (SSSR count). The number of carbonyl (C=O) groups is 5. The number of ether oxygens (including phenoxy) is 1. The van der Waals surface area contributed by atoms with E-state index in [1.165, 1.54) is 4.31 Å². The number of morpholine rings is 1. The van der Waals surface area contributed by atoms with Gasteiger partial charge in [-0.05, 0) is 73.5 Å². The molecule has 5 amide bonds. The molecule has 5 saturated carbocycles. The van der Waals surface area contributed by atoms with Crippen LogP contribution in [0.5, 0.6) is 0 Å². The predicted molar refractivity (Wildman–Crippen MR) is 200 cm³/mol. The molecule has 2 heterocycles. The lowest BCUT2D eigenvalue weighted by atomic mass is 9.70. The Hall–Kier alpha value is -2.78. The van der Waals surface area contributed by atoms with Gasteiger partial charge in [0.25, 0.3) is 5.91 Å². The number of rotatable bonds is 14. The Morgan fingerprint density at radius 2 is 1.46 bits per heavy atom. The van der Waals surface area contributed by atoms with E-state index in [2.05, 4.69) is 35.1 Å². The monoisotopic (exact) mass is 774 g/mol. The summed E-state index contributed by atoms with van der Waals surface area (Å²) >= 11 is 0. The van der Waals surface area contributed by atoms with Gasteiger partial charge in [0, 0.05) is 25.7 Å². The third-order valence-corrected chi connectivity index (χ3v) is 16.1. The van der Waals surface area contributed by atoms with Gasteiger partial charge in [0.2, 0.25) is 27.6 Å². The lowest BCUT2D eigenvalue weighted by Gasteiger charge is -2.44. The van der Waals surface area contributed by atoms with Crippen LogP contribution in [0, 0.1) is 28.6 Å². The van der Waals surface area contributed by atoms with Crippen molar-refractivity contribution in [1.29, 1.82) is 0 Å². The Labute approximate surface area is 320 Å². The minimum absolute atomic E-state index is 0.0136. The normalized spacial score (nSPS) is 29.9. The number of nitrogens with zero attached hydrogens (tertiary/aromatic N) is 2. The van der Waals surface area contributed by atoms with Gasteiger partial charge in [-0.3, -0.25) is 19.2 Å². The van der Waals surface area contributed by atoms with Crippen LogP contribution in [0.1, 0.15) is 117 Å². The van der Waals surface area contributed by atoms with Gasteiger partial charge in [0.15, 0.2) is 0 Å². The van der Waals surface area contributed by atoms with Crippen molar-refractivity contribution in [1.82, 2.24) is 30.5 Å². The van der Waals surface area contributed by atoms with Crippen molar-refractivity contribution in [2.75, 3.05) is 38.6 Å². The maximum atomic E-state index is 15.0. The Kier molecular flexibility index (Phi) is 11.2. The molecule has 14 nitrogen and oxygen atoms in total. The first-order valence-electron chi connectivity index (χ1n) is 20.7. The maximum Gasteiger partial charge on any atom is 0.315 e. The SMILES string of the molecule is CC1([C@H](NC(=O)NC2(CS(=O)(=O)N3CCOCC3)CCCCC2)C(=O)N2C[C@H]3[C@@H]([C@H]2C(=O)N[C@@H](CC2CC2)C(=O)C(=O)NC2CC2)C3(C)C)CCCCC1. The molecule has 0 unspecified atom stereocenters. The molecule has 0 bridgehead atoms.